The molecule has 1 aromatic carbocycles. The molecule has 14 heteroatoms. The molecular weight excluding hydrogens is 817 g/mol. The van der Waals surface area contributed by atoms with Gasteiger partial charge in [-0.15, -0.1) is 11.3 Å². The monoisotopic (exact) mass is 880 g/mol. The van der Waals surface area contributed by atoms with E-state index in [-0.39, 0.29) is 36.9 Å². The largest absolute Gasteiger partial charge is 0.457 e. The van der Waals surface area contributed by atoms with Gasteiger partial charge in [-0.2, -0.15) is 5.10 Å². The van der Waals surface area contributed by atoms with E-state index in [1.807, 2.05) is 73.4 Å². The standard InChI is InChI=1S/C46H64N4O7S3/c1-29-9-7-10-34(12-17-38(30(2)23-36-27-58-32(4)48-36)57-42(54)24-39(51)45(5,6)44(56)31(3)43(29)55)26-47-50-41(53)19-18-40(52)49-35-13-15-37(16-14-35)60-59-28-46-21-8-11-33(25-46)20-22-46/h12-16,23,26-27,29,31,33,38-39,43,51,55H,7-11,17-22,24-25,28H2,1-6H3,(H,49,52)(H,50,53)/b30-23+,34-12+,47-26+/t29-,31+,33?,38-,39-,43-,46?/m0/s1. The van der Waals surface area contributed by atoms with Crippen molar-refractivity contribution in [1.29, 1.82) is 0 Å². The lowest BCUT2D eigenvalue weighted by molar-refractivity contribution is -0.154. The van der Waals surface area contributed by atoms with Crippen LogP contribution < -0.4 is 10.7 Å². The molecule has 3 aliphatic rings. The zero-order valence-corrected chi connectivity index (χ0v) is 38.5. The summed E-state index contributed by atoms with van der Waals surface area (Å²) in [4.78, 5) is 58.0. The summed E-state index contributed by atoms with van der Waals surface area (Å²) < 4.78 is 5.94. The van der Waals surface area contributed by atoms with Gasteiger partial charge in [-0.05, 0) is 118 Å². The van der Waals surface area contributed by atoms with Crippen molar-refractivity contribution in [2.45, 2.75) is 148 Å². The van der Waals surface area contributed by atoms with E-state index in [2.05, 4.69) is 20.8 Å². The number of anilines is 1. The Balaban J connectivity index is 1.17. The number of ether oxygens (including phenoxy) is 1. The van der Waals surface area contributed by atoms with Crippen LogP contribution >= 0.6 is 32.9 Å². The molecule has 60 heavy (non-hydrogen) atoms. The topological polar surface area (TPSA) is 167 Å². The van der Waals surface area contributed by atoms with E-state index in [0.717, 1.165) is 32.7 Å². The summed E-state index contributed by atoms with van der Waals surface area (Å²) in [5.41, 5.74) is 4.73. The molecule has 2 heterocycles. The summed E-state index contributed by atoms with van der Waals surface area (Å²) in [7, 11) is 3.74. The first kappa shape index (κ1) is 47.7. The Kier molecular flexibility index (Phi) is 17.6. The van der Waals surface area contributed by atoms with E-state index in [9.17, 15) is 29.4 Å². The number of ketones is 1. The first-order chi connectivity index (χ1) is 28.5. The fourth-order valence-corrected chi connectivity index (χ4v) is 12.0. The number of cyclic esters (lactones) is 1. The average molecular weight is 881 g/mol. The average Bonchev–Trinajstić information content (AvgIpc) is 3.76. The van der Waals surface area contributed by atoms with Gasteiger partial charge >= 0.3 is 5.97 Å². The minimum absolute atomic E-state index is 0.0102. The predicted octanol–water partition coefficient (Wildman–Crippen LogP) is 9.48. The maximum atomic E-state index is 13.5. The number of allylic oxidation sites excluding steroid dienone is 1. The van der Waals surface area contributed by atoms with Crippen LogP contribution in [0.3, 0.4) is 0 Å². The van der Waals surface area contributed by atoms with Gasteiger partial charge in [0.2, 0.25) is 11.8 Å². The van der Waals surface area contributed by atoms with E-state index >= 15 is 0 Å². The number of aromatic nitrogens is 1. The molecule has 4 N–H and O–H groups in total. The third-order valence-corrected chi connectivity index (χ3v) is 16.0. The van der Waals surface area contributed by atoms with Gasteiger partial charge in [0.25, 0.3) is 0 Å². The van der Waals surface area contributed by atoms with Gasteiger partial charge in [0.15, 0.2) is 0 Å². The summed E-state index contributed by atoms with van der Waals surface area (Å²) >= 11 is 1.51. The van der Waals surface area contributed by atoms with Gasteiger partial charge in [-0.1, -0.05) is 68.2 Å². The molecule has 2 fully saturated rings. The number of esters is 1. The number of fused-ring (bicyclic) bond motifs is 2. The summed E-state index contributed by atoms with van der Waals surface area (Å²) in [5.74, 6) is -0.514. The summed E-state index contributed by atoms with van der Waals surface area (Å²) in [6.45, 7) is 10.5. The van der Waals surface area contributed by atoms with Crippen molar-refractivity contribution in [3.63, 3.8) is 0 Å². The lowest BCUT2D eigenvalue weighted by Crippen LogP contribution is -2.45. The van der Waals surface area contributed by atoms with Crippen LogP contribution in [0.1, 0.15) is 129 Å². The molecule has 11 nitrogen and oxygen atoms in total. The number of nitrogens with one attached hydrogen (secondary N) is 2. The Morgan fingerprint density at radius 2 is 1.80 bits per heavy atom. The van der Waals surface area contributed by atoms with Crippen LogP contribution in [0.2, 0.25) is 0 Å². The molecule has 7 atom stereocenters. The molecule has 328 valence electrons. The van der Waals surface area contributed by atoms with Gasteiger partial charge < -0.3 is 20.3 Å². The highest BCUT2D eigenvalue weighted by Gasteiger charge is 2.43. The van der Waals surface area contributed by atoms with Gasteiger partial charge in [-0.3, -0.25) is 19.2 Å². The van der Waals surface area contributed by atoms with Crippen molar-refractivity contribution in [3.8, 4) is 0 Å². The van der Waals surface area contributed by atoms with Crippen molar-refractivity contribution < 1.29 is 34.1 Å². The number of aliphatic hydroxyl groups is 2. The van der Waals surface area contributed by atoms with Crippen LogP contribution in [-0.2, 0) is 23.9 Å². The van der Waals surface area contributed by atoms with Crippen molar-refractivity contribution in [1.82, 2.24) is 10.4 Å². The van der Waals surface area contributed by atoms with E-state index in [1.165, 1.54) is 55.6 Å². The third-order valence-electron chi connectivity index (χ3n) is 12.6. The van der Waals surface area contributed by atoms with E-state index in [1.54, 1.807) is 37.8 Å². The highest BCUT2D eigenvalue weighted by molar-refractivity contribution is 8.76. The quantitative estimate of drug-likeness (QED) is 0.0698. The van der Waals surface area contributed by atoms with E-state index in [4.69, 9.17) is 4.74 Å². The van der Waals surface area contributed by atoms with Crippen LogP contribution in [0.5, 0.6) is 0 Å². The molecule has 2 bridgehead atoms. The molecule has 5 rings (SSSR count). The predicted molar refractivity (Wildman–Crippen MR) is 244 cm³/mol. The molecule has 2 aliphatic carbocycles. The van der Waals surface area contributed by atoms with Crippen LogP contribution in [0, 0.1) is 35.5 Å². The molecule has 0 saturated heterocycles. The number of amides is 2. The summed E-state index contributed by atoms with van der Waals surface area (Å²) in [6.07, 6.45) is 12.3. The third kappa shape index (κ3) is 13.9. The first-order valence-electron chi connectivity index (χ1n) is 21.4. The van der Waals surface area contributed by atoms with Crippen LogP contribution in [0.4, 0.5) is 5.69 Å². The second-order valence-corrected chi connectivity index (χ2v) is 21.3. The summed E-state index contributed by atoms with van der Waals surface area (Å²) in [5, 5.41) is 32.1. The highest BCUT2D eigenvalue weighted by Crippen LogP contribution is 2.54. The van der Waals surface area contributed by atoms with Crippen LogP contribution in [0.15, 0.2) is 56.9 Å². The highest BCUT2D eigenvalue weighted by atomic mass is 33.1. The number of Topliss-reactive ketones (excluding diaryl/α,β-unsaturated/α-hetero) is 1. The molecule has 1 aliphatic heterocycles. The second-order valence-electron chi connectivity index (χ2n) is 17.8. The number of aliphatic hydroxyl groups excluding tert-OH is 2. The number of rotatable bonds is 12. The molecular formula is C46H64N4O7S3. The maximum Gasteiger partial charge on any atom is 0.309 e. The van der Waals surface area contributed by atoms with Crippen molar-refractivity contribution in [2.24, 2.45) is 33.7 Å². The second kappa shape index (κ2) is 22.2. The van der Waals surface area contributed by atoms with Gasteiger partial charge in [0.05, 0.1) is 41.0 Å². The molecule has 2 unspecified atom stereocenters. The Morgan fingerprint density at radius 1 is 1.05 bits per heavy atom. The number of thiazole rings is 1. The zero-order chi connectivity index (χ0) is 43.5. The van der Waals surface area contributed by atoms with Crippen molar-refractivity contribution >= 4 is 74.5 Å². The Morgan fingerprint density at radius 3 is 2.53 bits per heavy atom. The van der Waals surface area contributed by atoms with Gasteiger partial charge in [-0.25, -0.2) is 10.4 Å². The number of nitrogens with zero attached hydrogens (tertiary/aromatic N) is 2. The smallest absolute Gasteiger partial charge is 0.309 e. The van der Waals surface area contributed by atoms with Crippen LogP contribution in [-0.4, -0.2) is 69.0 Å². The lowest BCUT2D eigenvalue weighted by atomic mass is 9.73. The van der Waals surface area contributed by atoms with Crippen molar-refractivity contribution in [2.75, 3.05) is 11.1 Å². The number of hydrogen-bond donors (Lipinski definition) is 4. The Bertz CT molecular complexity index is 1890. The number of benzene rings is 1. The molecule has 0 spiro atoms. The van der Waals surface area contributed by atoms with Gasteiger partial charge in [0.1, 0.15) is 11.9 Å². The van der Waals surface area contributed by atoms with E-state index < -0.39 is 47.9 Å². The molecule has 0 radical (unpaired) electrons. The lowest BCUT2D eigenvalue weighted by Gasteiger charge is -2.34. The minimum Gasteiger partial charge on any atom is -0.457 e. The van der Waals surface area contributed by atoms with Crippen molar-refractivity contribution in [3.05, 3.63) is 57.6 Å². The molecule has 1 aromatic heterocycles. The zero-order valence-electron chi connectivity index (χ0n) is 36.0. The number of carbonyl (C=O) groups excluding carboxylic acids is 4. The first-order valence-corrected chi connectivity index (χ1v) is 24.6. The Labute approximate surface area is 367 Å². The normalized spacial score (nSPS) is 29.1. The Hall–Kier alpha value is -3.30. The minimum atomic E-state index is -1.32. The van der Waals surface area contributed by atoms with E-state index in [0.29, 0.717) is 30.4 Å². The molecule has 2 amide bonds. The number of hydrogen-bond acceptors (Lipinski definition) is 12. The summed E-state index contributed by atoms with van der Waals surface area (Å²) in [6, 6.07) is 7.84. The number of hydrazone groups is 1. The number of carbonyl (C=O) groups is 4. The molecule has 2 saturated carbocycles. The maximum absolute atomic E-state index is 13.5. The van der Waals surface area contributed by atoms with Crippen LogP contribution in [0.25, 0.3) is 6.08 Å². The SMILES string of the molecule is C/C(=C\c1csc(C)n1)[C@@H]1C/C=C(/C=N/NC(=O)CCC(=O)Nc2ccc(SSCC34CCCC(CC3)C4)cc2)CCC[C@H](C)[C@H](O)[C@@H](C)C(=O)C(C)(C)[C@@H](O)CC(=O)O1. The number of aryl methyl sites for hydroxylation is 1. The molecule has 2 aromatic rings. The fraction of sp³-hybridized carbons (Fsp3) is 0.609. The van der Waals surface area contributed by atoms with Gasteiger partial charge in [0, 0.05) is 46.9 Å². The fourth-order valence-electron chi connectivity index (χ4n) is 8.67.